The number of aliphatic hydroxyl groups is 4. The normalized spacial score (nSPS) is 46.5. The molecule has 0 saturated heterocycles. The molecule has 0 aromatic carbocycles. The molecule has 0 amide bonds. The maximum Gasteiger partial charge on any atom is 0.108 e. The highest BCUT2D eigenvalue weighted by molar-refractivity contribution is 5.33. The van der Waals surface area contributed by atoms with E-state index in [1.807, 2.05) is 0 Å². The van der Waals surface area contributed by atoms with Crippen molar-refractivity contribution in [1.29, 1.82) is 0 Å². The van der Waals surface area contributed by atoms with E-state index in [9.17, 15) is 20.4 Å². The van der Waals surface area contributed by atoms with Gasteiger partial charge in [0.15, 0.2) is 0 Å². The van der Waals surface area contributed by atoms with Crippen LogP contribution in [-0.4, -0.2) is 44.3 Å². The summed E-state index contributed by atoms with van der Waals surface area (Å²) in [6.45, 7) is 17.5. The predicted octanol–water partition coefficient (Wildman–Crippen LogP) is 5.47. The topological polar surface area (TPSA) is 80.9 Å². The summed E-state index contributed by atoms with van der Waals surface area (Å²) in [5, 5.41) is 42.1. The molecule has 4 aliphatic rings. The van der Waals surface area contributed by atoms with Gasteiger partial charge in [-0.1, -0.05) is 53.2 Å². The minimum Gasteiger partial charge on any atom is -0.393 e. The molecule has 0 aromatic heterocycles. The van der Waals surface area contributed by atoms with Crippen molar-refractivity contribution >= 4 is 0 Å². The monoisotopic (exact) mass is 476 g/mol. The first-order valence-electron chi connectivity index (χ1n) is 14.0. The Bertz CT molecular complexity index is 811. The van der Waals surface area contributed by atoms with Gasteiger partial charge in [-0.3, -0.25) is 0 Å². The number of rotatable bonds is 5. The number of fused-ring (bicyclic) bond motifs is 5. The molecule has 3 fully saturated rings. The lowest BCUT2D eigenvalue weighted by atomic mass is 9.41. The van der Waals surface area contributed by atoms with Crippen LogP contribution in [0.3, 0.4) is 0 Å². The van der Waals surface area contributed by atoms with Gasteiger partial charge in [-0.05, 0) is 111 Å². The molecule has 4 nitrogen and oxygen atoms in total. The van der Waals surface area contributed by atoms with Crippen LogP contribution in [0, 0.1) is 45.3 Å². The summed E-state index contributed by atoms with van der Waals surface area (Å²) in [5.74, 6) is 1.91. The van der Waals surface area contributed by atoms with Gasteiger partial charge in [0, 0.05) is 0 Å². The summed E-state index contributed by atoms with van der Waals surface area (Å²) < 4.78 is 0. The number of hydrogen-bond acceptors (Lipinski definition) is 4. The molecule has 196 valence electrons. The minimum absolute atomic E-state index is 0.0408. The molecule has 0 unspecified atom stereocenters. The Hall–Kier alpha value is -0.420. The van der Waals surface area contributed by atoms with Crippen molar-refractivity contribution in [3.05, 3.63) is 11.6 Å². The summed E-state index contributed by atoms with van der Waals surface area (Å²) in [7, 11) is 0. The number of hydrogen-bond donors (Lipinski definition) is 4. The summed E-state index contributed by atoms with van der Waals surface area (Å²) >= 11 is 0. The quantitative estimate of drug-likeness (QED) is 0.397. The van der Waals surface area contributed by atoms with E-state index in [0.717, 1.165) is 25.7 Å². The second kappa shape index (κ2) is 8.30. The zero-order chi connectivity index (χ0) is 25.5. The summed E-state index contributed by atoms with van der Waals surface area (Å²) in [4.78, 5) is 0. The van der Waals surface area contributed by atoms with E-state index in [4.69, 9.17) is 0 Å². The van der Waals surface area contributed by atoms with Crippen LogP contribution < -0.4 is 0 Å². The molecule has 4 aliphatic carbocycles. The molecule has 4 N–H and O–H groups in total. The number of aliphatic hydroxyl groups excluding tert-OH is 3. The Morgan fingerprint density at radius 1 is 1.00 bits per heavy atom. The van der Waals surface area contributed by atoms with Crippen LogP contribution in [0.2, 0.25) is 0 Å². The molecule has 4 heteroatoms. The molecule has 0 spiro atoms. The SMILES string of the molecule is C[C@@H](C[C@H](O)[C@@H](O)C(C)(C)O)[C@@H]1CC[C@]2(C)C3=CC[C@H]4C(C)(C)[C@@H](O)CC[C@]4(C)[C@@H]3CC[C@@]12C. The molecule has 0 aromatic rings. The van der Waals surface area contributed by atoms with E-state index in [1.54, 1.807) is 19.4 Å². The van der Waals surface area contributed by atoms with Crippen molar-refractivity contribution in [3.63, 3.8) is 0 Å². The molecule has 0 heterocycles. The number of allylic oxidation sites excluding steroid dienone is 2. The maximum absolute atomic E-state index is 10.8. The Balaban J connectivity index is 1.60. The lowest BCUT2D eigenvalue weighted by Gasteiger charge is -2.64. The first kappa shape index (κ1) is 26.6. The Morgan fingerprint density at radius 2 is 1.65 bits per heavy atom. The summed E-state index contributed by atoms with van der Waals surface area (Å²) in [6, 6.07) is 0. The molecular formula is C30H52O4. The average molecular weight is 477 g/mol. The van der Waals surface area contributed by atoms with E-state index >= 15 is 0 Å². The fourth-order valence-corrected chi connectivity index (χ4v) is 9.80. The standard InChI is InChI=1S/C30H52O4/c1-18(17-22(31)25(33)27(4,5)34)19-11-15-30(8)21-9-10-23-26(2,3)24(32)13-14-28(23,6)20(21)12-16-29(19,30)7/h9,18-20,22-25,31-34H,10-17H2,1-8H3/t18-,19-,20+,22-,23-,24-,25+,28+,29-,30+/m0/s1. The highest BCUT2D eigenvalue weighted by Gasteiger charge is 2.65. The Kier molecular flexibility index (Phi) is 6.50. The third kappa shape index (κ3) is 3.68. The van der Waals surface area contributed by atoms with Crippen molar-refractivity contribution in [2.75, 3.05) is 0 Å². The van der Waals surface area contributed by atoms with Gasteiger partial charge in [-0.15, -0.1) is 0 Å². The van der Waals surface area contributed by atoms with Crippen LogP contribution in [0.1, 0.15) is 107 Å². The predicted molar refractivity (Wildman–Crippen MR) is 137 cm³/mol. The van der Waals surface area contributed by atoms with Crippen LogP contribution in [0.5, 0.6) is 0 Å². The molecule has 4 rings (SSSR count). The van der Waals surface area contributed by atoms with Gasteiger partial charge >= 0.3 is 0 Å². The highest BCUT2D eigenvalue weighted by Crippen LogP contribution is 2.73. The fourth-order valence-electron chi connectivity index (χ4n) is 9.80. The van der Waals surface area contributed by atoms with Crippen molar-refractivity contribution in [2.24, 2.45) is 45.3 Å². The van der Waals surface area contributed by atoms with Gasteiger partial charge in [0.2, 0.25) is 0 Å². The van der Waals surface area contributed by atoms with Gasteiger partial charge in [0.25, 0.3) is 0 Å². The van der Waals surface area contributed by atoms with Crippen LogP contribution >= 0.6 is 0 Å². The summed E-state index contributed by atoms with van der Waals surface area (Å²) in [5.41, 5.74) is 0.962. The van der Waals surface area contributed by atoms with Crippen molar-refractivity contribution in [2.45, 2.75) is 131 Å². The van der Waals surface area contributed by atoms with Gasteiger partial charge in [-0.2, -0.15) is 0 Å². The average Bonchev–Trinajstić information content (AvgIpc) is 3.01. The van der Waals surface area contributed by atoms with Crippen LogP contribution in [0.25, 0.3) is 0 Å². The molecule has 34 heavy (non-hydrogen) atoms. The minimum atomic E-state index is -1.30. The fraction of sp³-hybridized carbons (Fsp3) is 0.933. The van der Waals surface area contributed by atoms with Gasteiger partial charge in [0.1, 0.15) is 6.10 Å². The third-order valence-electron chi connectivity index (χ3n) is 12.3. The van der Waals surface area contributed by atoms with Crippen molar-refractivity contribution in [3.8, 4) is 0 Å². The van der Waals surface area contributed by atoms with E-state index in [1.165, 1.54) is 19.3 Å². The molecule has 0 bridgehead atoms. The smallest absolute Gasteiger partial charge is 0.108 e. The van der Waals surface area contributed by atoms with E-state index in [0.29, 0.717) is 24.2 Å². The molecular weight excluding hydrogens is 424 g/mol. The van der Waals surface area contributed by atoms with Crippen LogP contribution in [-0.2, 0) is 0 Å². The first-order valence-corrected chi connectivity index (χ1v) is 14.0. The van der Waals surface area contributed by atoms with Gasteiger partial charge < -0.3 is 20.4 Å². The van der Waals surface area contributed by atoms with Crippen LogP contribution in [0.15, 0.2) is 11.6 Å². The van der Waals surface area contributed by atoms with Crippen LogP contribution in [0.4, 0.5) is 0 Å². The van der Waals surface area contributed by atoms with Crippen molar-refractivity contribution < 1.29 is 20.4 Å². The second-order valence-electron chi connectivity index (χ2n) is 14.7. The lowest BCUT2D eigenvalue weighted by molar-refractivity contribution is -0.133. The summed E-state index contributed by atoms with van der Waals surface area (Å²) in [6.07, 6.45) is 8.76. The Labute approximate surface area is 208 Å². The zero-order valence-corrected chi connectivity index (χ0v) is 23.1. The lowest BCUT2D eigenvalue weighted by Crippen LogP contribution is -2.58. The Morgan fingerprint density at radius 3 is 2.26 bits per heavy atom. The third-order valence-corrected chi connectivity index (χ3v) is 12.3. The maximum atomic E-state index is 10.8. The second-order valence-corrected chi connectivity index (χ2v) is 14.7. The first-order chi connectivity index (χ1) is 15.5. The van der Waals surface area contributed by atoms with Gasteiger partial charge in [0.05, 0.1) is 17.8 Å². The molecule has 10 atom stereocenters. The molecule has 0 aliphatic heterocycles. The van der Waals surface area contributed by atoms with Gasteiger partial charge in [-0.25, -0.2) is 0 Å². The highest BCUT2D eigenvalue weighted by atomic mass is 16.4. The largest absolute Gasteiger partial charge is 0.393 e. The van der Waals surface area contributed by atoms with Crippen molar-refractivity contribution in [1.82, 2.24) is 0 Å². The zero-order valence-electron chi connectivity index (χ0n) is 23.1. The van der Waals surface area contributed by atoms with E-state index in [-0.39, 0.29) is 33.7 Å². The molecule has 0 radical (unpaired) electrons. The van der Waals surface area contributed by atoms with E-state index in [2.05, 4.69) is 47.6 Å². The molecule has 3 saturated carbocycles. The van der Waals surface area contributed by atoms with E-state index < -0.39 is 17.8 Å².